The average Bonchev–Trinajstić information content (AvgIpc) is 2.77. The van der Waals surface area contributed by atoms with Crippen molar-refractivity contribution in [2.75, 3.05) is 7.11 Å². The van der Waals surface area contributed by atoms with Gasteiger partial charge in [-0.05, 0) is 6.42 Å². The molecule has 7 nitrogen and oxygen atoms in total. The number of aliphatic carboxylic acids is 1. The van der Waals surface area contributed by atoms with Crippen molar-refractivity contribution in [2.45, 2.75) is 32.4 Å². The molecule has 0 unspecified atom stereocenters. The van der Waals surface area contributed by atoms with Gasteiger partial charge in [0.1, 0.15) is 12.6 Å². The van der Waals surface area contributed by atoms with E-state index in [9.17, 15) is 9.59 Å². The molecule has 0 spiro atoms. The first-order valence-corrected chi connectivity index (χ1v) is 5.56. The fourth-order valence-corrected chi connectivity index (χ4v) is 1.41. The van der Waals surface area contributed by atoms with E-state index in [0.29, 0.717) is 18.6 Å². The lowest BCUT2D eigenvalue weighted by atomic mass is 10.1. The quantitative estimate of drug-likeness (QED) is 0.748. The molecule has 100 valence electrons. The molecule has 1 atom stereocenters. The molecule has 0 fully saturated rings. The molecule has 1 amide bonds. The Balaban J connectivity index is 2.64. The highest BCUT2D eigenvalue weighted by atomic mass is 16.5. The molecular formula is C11H16N2O5. The second kappa shape index (κ2) is 6.75. The molecule has 1 heterocycles. The van der Waals surface area contributed by atoms with Crippen LogP contribution < -0.4 is 5.32 Å². The van der Waals surface area contributed by atoms with Crippen molar-refractivity contribution in [3.8, 4) is 0 Å². The molecule has 1 rings (SSSR count). The first-order chi connectivity index (χ1) is 8.58. The normalized spacial score (nSPS) is 12.1. The van der Waals surface area contributed by atoms with E-state index in [0.717, 1.165) is 0 Å². The number of hydrogen-bond donors (Lipinski definition) is 2. The van der Waals surface area contributed by atoms with E-state index in [2.05, 4.69) is 10.5 Å². The maximum Gasteiger partial charge on any atom is 0.326 e. The summed E-state index contributed by atoms with van der Waals surface area (Å²) in [5.41, 5.74) is 0.0457. The third-order valence-electron chi connectivity index (χ3n) is 2.26. The van der Waals surface area contributed by atoms with Gasteiger partial charge in [0.05, 0.1) is 0 Å². The van der Waals surface area contributed by atoms with Gasteiger partial charge in [-0.3, -0.25) is 4.79 Å². The van der Waals surface area contributed by atoms with Gasteiger partial charge < -0.3 is 19.7 Å². The van der Waals surface area contributed by atoms with E-state index in [1.807, 2.05) is 6.92 Å². The fraction of sp³-hybridized carbons (Fsp3) is 0.545. The summed E-state index contributed by atoms with van der Waals surface area (Å²) in [6, 6.07) is 0.508. The number of nitrogens with one attached hydrogen (secondary N) is 1. The molecule has 0 aliphatic rings. The Morgan fingerprint density at radius 3 is 2.89 bits per heavy atom. The Kier molecular flexibility index (Phi) is 5.31. The predicted octanol–water partition coefficient (Wildman–Crippen LogP) is 0.804. The monoisotopic (exact) mass is 256 g/mol. The largest absolute Gasteiger partial charge is 0.480 e. The highest BCUT2D eigenvalue weighted by molar-refractivity contribution is 5.94. The van der Waals surface area contributed by atoms with E-state index in [1.165, 1.54) is 13.2 Å². The van der Waals surface area contributed by atoms with Crippen molar-refractivity contribution in [3.63, 3.8) is 0 Å². The minimum atomic E-state index is -1.06. The molecule has 1 aromatic heterocycles. The van der Waals surface area contributed by atoms with E-state index >= 15 is 0 Å². The number of amides is 1. The summed E-state index contributed by atoms with van der Waals surface area (Å²) in [4.78, 5) is 22.6. The van der Waals surface area contributed by atoms with Gasteiger partial charge in [-0.2, -0.15) is 0 Å². The van der Waals surface area contributed by atoms with Gasteiger partial charge in [-0.15, -0.1) is 0 Å². The highest BCUT2D eigenvalue weighted by Crippen LogP contribution is 2.06. The van der Waals surface area contributed by atoms with Gasteiger partial charge in [0.25, 0.3) is 5.91 Å². The molecule has 0 saturated heterocycles. The van der Waals surface area contributed by atoms with Gasteiger partial charge in [-0.25, -0.2) is 4.79 Å². The third kappa shape index (κ3) is 3.85. The fourth-order valence-electron chi connectivity index (χ4n) is 1.41. The molecule has 2 N–H and O–H groups in total. The second-order valence-electron chi connectivity index (χ2n) is 3.76. The van der Waals surface area contributed by atoms with Crippen molar-refractivity contribution in [2.24, 2.45) is 0 Å². The topological polar surface area (TPSA) is 102 Å². The summed E-state index contributed by atoms with van der Waals surface area (Å²) < 4.78 is 9.66. The number of carbonyl (C=O) groups is 2. The highest BCUT2D eigenvalue weighted by Gasteiger charge is 2.21. The average molecular weight is 256 g/mol. The van der Waals surface area contributed by atoms with E-state index in [4.69, 9.17) is 14.4 Å². The molecule has 0 aromatic carbocycles. The Morgan fingerprint density at radius 1 is 1.61 bits per heavy atom. The standard InChI is InChI=1S/C11H16N2O5/c1-3-4-8(11(15)16)12-10(14)9-5-7(6-17-2)18-13-9/h5,8H,3-4,6H2,1-2H3,(H,12,14)(H,15,16)/t8-/m0/s1. The van der Waals surface area contributed by atoms with Crippen LogP contribution in [-0.2, 0) is 16.1 Å². The summed E-state index contributed by atoms with van der Waals surface area (Å²) in [5, 5.41) is 14.8. The zero-order valence-electron chi connectivity index (χ0n) is 10.3. The molecule has 0 radical (unpaired) electrons. The third-order valence-corrected chi connectivity index (χ3v) is 2.26. The lowest BCUT2D eigenvalue weighted by molar-refractivity contribution is -0.139. The van der Waals surface area contributed by atoms with Crippen molar-refractivity contribution in [1.29, 1.82) is 0 Å². The van der Waals surface area contributed by atoms with Gasteiger partial charge in [0.15, 0.2) is 11.5 Å². The van der Waals surface area contributed by atoms with E-state index < -0.39 is 17.9 Å². The van der Waals surface area contributed by atoms with Crippen LogP contribution in [-0.4, -0.2) is 35.3 Å². The molecule has 0 bridgehead atoms. The van der Waals surface area contributed by atoms with Gasteiger partial charge in [-0.1, -0.05) is 18.5 Å². The van der Waals surface area contributed by atoms with Crippen LogP contribution in [0.25, 0.3) is 0 Å². The van der Waals surface area contributed by atoms with E-state index in [-0.39, 0.29) is 12.3 Å². The zero-order valence-corrected chi connectivity index (χ0v) is 10.3. The number of aromatic nitrogens is 1. The maximum absolute atomic E-state index is 11.7. The van der Waals surface area contributed by atoms with Crippen molar-refractivity contribution in [3.05, 3.63) is 17.5 Å². The number of carbonyl (C=O) groups excluding carboxylic acids is 1. The molecular weight excluding hydrogens is 240 g/mol. The summed E-state index contributed by atoms with van der Waals surface area (Å²) in [5.74, 6) is -1.22. The summed E-state index contributed by atoms with van der Waals surface area (Å²) >= 11 is 0. The molecule has 0 aliphatic heterocycles. The molecule has 0 aliphatic carbocycles. The number of hydrogen-bond acceptors (Lipinski definition) is 5. The van der Waals surface area contributed by atoms with Gasteiger partial charge >= 0.3 is 5.97 Å². The molecule has 0 saturated carbocycles. The van der Waals surface area contributed by atoms with Crippen LogP contribution in [0.2, 0.25) is 0 Å². The zero-order chi connectivity index (χ0) is 13.5. The number of ether oxygens (including phenoxy) is 1. The Bertz CT molecular complexity index is 415. The lowest BCUT2D eigenvalue weighted by Crippen LogP contribution is -2.40. The van der Waals surface area contributed by atoms with Gasteiger partial charge in [0.2, 0.25) is 0 Å². The van der Waals surface area contributed by atoms with Gasteiger partial charge in [0, 0.05) is 13.2 Å². The molecule has 7 heteroatoms. The van der Waals surface area contributed by atoms with Crippen LogP contribution in [0.4, 0.5) is 0 Å². The van der Waals surface area contributed by atoms with Crippen LogP contribution in [0.3, 0.4) is 0 Å². The first kappa shape index (κ1) is 14.2. The summed E-state index contributed by atoms with van der Waals surface area (Å²) in [6.07, 6.45) is 1.02. The van der Waals surface area contributed by atoms with Crippen molar-refractivity contribution in [1.82, 2.24) is 10.5 Å². The van der Waals surface area contributed by atoms with Crippen LogP contribution in [0.1, 0.15) is 36.0 Å². The van der Waals surface area contributed by atoms with Crippen molar-refractivity contribution < 1.29 is 24.0 Å². The van der Waals surface area contributed by atoms with Crippen LogP contribution in [0.15, 0.2) is 10.6 Å². The molecule has 1 aromatic rings. The number of rotatable bonds is 7. The number of methoxy groups -OCH3 is 1. The number of nitrogens with zero attached hydrogens (tertiary/aromatic N) is 1. The van der Waals surface area contributed by atoms with Crippen LogP contribution in [0.5, 0.6) is 0 Å². The minimum Gasteiger partial charge on any atom is -0.480 e. The second-order valence-corrected chi connectivity index (χ2v) is 3.76. The first-order valence-electron chi connectivity index (χ1n) is 5.56. The Hall–Kier alpha value is -1.89. The Morgan fingerprint density at radius 2 is 2.33 bits per heavy atom. The van der Waals surface area contributed by atoms with Crippen molar-refractivity contribution >= 4 is 11.9 Å². The lowest BCUT2D eigenvalue weighted by Gasteiger charge is -2.11. The molecule has 18 heavy (non-hydrogen) atoms. The predicted molar refractivity (Wildman–Crippen MR) is 61.0 cm³/mol. The maximum atomic E-state index is 11.7. The Labute approximate surface area is 104 Å². The number of carboxylic acids is 1. The summed E-state index contributed by atoms with van der Waals surface area (Å²) in [7, 11) is 1.49. The van der Waals surface area contributed by atoms with Crippen LogP contribution >= 0.6 is 0 Å². The minimum absolute atomic E-state index is 0.0457. The van der Waals surface area contributed by atoms with E-state index in [1.54, 1.807) is 0 Å². The van der Waals surface area contributed by atoms with Crippen LogP contribution in [0, 0.1) is 0 Å². The summed E-state index contributed by atoms with van der Waals surface area (Å²) in [6.45, 7) is 2.05. The SMILES string of the molecule is CCC[C@H](NC(=O)c1cc(COC)on1)C(=O)O. The smallest absolute Gasteiger partial charge is 0.326 e. The number of carboxylic acid groups (broad SMARTS) is 1.